The molecule has 4 heterocycles. The molecule has 298 valence electrons. The Hall–Kier alpha value is -8.67. The van der Waals surface area contributed by atoms with Gasteiger partial charge in [-0.1, -0.05) is 170 Å². The molecule has 0 atom stereocenters. The summed E-state index contributed by atoms with van der Waals surface area (Å²) in [5.74, 6) is 0.684. The lowest BCUT2D eigenvalue weighted by Crippen LogP contribution is -1.97. The number of rotatable bonds is 6. The van der Waals surface area contributed by atoms with Crippen molar-refractivity contribution >= 4 is 65.4 Å². The van der Waals surface area contributed by atoms with Crippen LogP contribution in [0.15, 0.2) is 223 Å². The molecule has 0 bridgehead atoms. The van der Waals surface area contributed by atoms with Crippen LogP contribution in [0, 0.1) is 0 Å². The number of aromatic nitrogens is 4. The molecular weight excluding hydrogens is 781 g/mol. The van der Waals surface area contributed by atoms with E-state index in [4.69, 9.17) is 19.4 Å². The fourth-order valence-corrected chi connectivity index (χ4v) is 9.49. The van der Waals surface area contributed by atoms with Crippen LogP contribution in [0.3, 0.4) is 0 Å². The average molecular weight is 817 g/mol. The molecule has 0 radical (unpaired) electrons. The maximum atomic E-state index is 6.58. The van der Waals surface area contributed by atoms with Crippen LogP contribution in [0.5, 0.6) is 0 Å². The highest BCUT2D eigenvalue weighted by Crippen LogP contribution is 2.41. The van der Waals surface area contributed by atoms with Crippen molar-refractivity contribution in [2.75, 3.05) is 0 Å². The van der Waals surface area contributed by atoms with E-state index in [1.54, 1.807) is 0 Å². The highest BCUT2D eigenvalue weighted by Gasteiger charge is 2.19. The van der Waals surface area contributed by atoms with Crippen LogP contribution in [0.25, 0.3) is 127 Å². The molecule has 9 aromatic carbocycles. The van der Waals surface area contributed by atoms with E-state index in [9.17, 15) is 0 Å². The number of fused-ring (bicyclic) bond motifs is 9. The monoisotopic (exact) mass is 816 g/mol. The van der Waals surface area contributed by atoms with Crippen LogP contribution in [-0.2, 0) is 0 Å². The van der Waals surface area contributed by atoms with E-state index in [-0.39, 0.29) is 0 Å². The number of pyridine rings is 1. The Morgan fingerprint density at radius 2 is 0.922 bits per heavy atom. The van der Waals surface area contributed by atoms with E-state index in [2.05, 4.69) is 193 Å². The molecule has 0 amide bonds. The maximum absolute atomic E-state index is 6.58. The molecule has 0 aliphatic heterocycles. The van der Waals surface area contributed by atoms with E-state index in [0.29, 0.717) is 5.82 Å². The number of hydrogen-bond donors (Lipinski definition) is 0. The molecule has 0 aliphatic rings. The summed E-state index contributed by atoms with van der Waals surface area (Å²) in [6, 6.07) is 76.7. The molecule has 4 aromatic heterocycles. The van der Waals surface area contributed by atoms with Crippen LogP contribution in [-0.4, -0.2) is 19.5 Å². The number of benzene rings is 9. The van der Waals surface area contributed by atoms with Gasteiger partial charge in [0.25, 0.3) is 0 Å². The molecule has 0 aliphatic carbocycles. The summed E-state index contributed by atoms with van der Waals surface area (Å²) < 4.78 is 8.93. The molecule has 0 fully saturated rings. The minimum atomic E-state index is 0.684. The minimum absolute atomic E-state index is 0.684. The van der Waals surface area contributed by atoms with Gasteiger partial charge in [-0.3, -0.25) is 0 Å². The van der Waals surface area contributed by atoms with Gasteiger partial charge in [0.1, 0.15) is 11.3 Å². The summed E-state index contributed by atoms with van der Waals surface area (Å²) in [6.07, 6.45) is 0. The predicted molar refractivity (Wildman–Crippen MR) is 264 cm³/mol. The molecule has 0 spiro atoms. The van der Waals surface area contributed by atoms with Crippen molar-refractivity contribution in [2.45, 2.75) is 0 Å². The van der Waals surface area contributed by atoms with Crippen molar-refractivity contribution < 1.29 is 4.42 Å². The Bertz CT molecular complexity index is 3890. The van der Waals surface area contributed by atoms with Gasteiger partial charge in [0, 0.05) is 54.9 Å². The van der Waals surface area contributed by atoms with Crippen LogP contribution in [0.2, 0.25) is 0 Å². The van der Waals surface area contributed by atoms with Gasteiger partial charge in [-0.25, -0.2) is 15.0 Å². The summed E-state index contributed by atoms with van der Waals surface area (Å²) in [5, 5.41) is 8.11. The fraction of sp³-hybridized carbons (Fsp3) is 0. The van der Waals surface area contributed by atoms with Gasteiger partial charge >= 0.3 is 0 Å². The fourth-order valence-electron chi connectivity index (χ4n) is 9.49. The third-order valence-electron chi connectivity index (χ3n) is 12.6. The van der Waals surface area contributed by atoms with Gasteiger partial charge in [0.05, 0.1) is 27.9 Å². The highest BCUT2D eigenvalue weighted by molar-refractivity contribution is 6.22. The van der Waals surface area contributed by atoms with E-state index >= 15 is 0 Å². The highest BCUT2D eigenvalue weighted by atomic mass is 16.3. The molecule has 5 heteroatoms. The second-order valence-corrected chi connectivity index (χ2v) is 16.4. The van der Waals surface area contributed by atoms with Crippen LogP contribution in [0.1, 0.15) is 0 Å². The third kappa shape index (κ3) is 5.90. The van der Waals surface area contributed by atoms with E-state index in [0.717, 1.165) is 89.0 Å². The Kier molecular flexibility index (Phi) is 8.15. The van der Waals surface area contributed by atoms with Crippen LogP contribution in [0.4, 0.5) is 0 Å². The molecule has 64 heavy (non-hydrogen) atoms. The first-order chi connectivity index (χ1) is 31.7. The number of para-hydroxylation sites is 3. The third-order valence-corrected chi connectivity index (χ3v) is 12.6. The Morgan fingerprint density at radius 1 is 0.359 bits per heavy atom. The lowest BCUT2D eigenvalue weighted by atomic mass is 9.98. The van der Waals surface area contributed by atoms with Gasteiger partial charge in [0.15, 0.2) is 11.4 Å². The van der Waals surface area contributed by atoms with Crippen LogP contribution < -0.4 is 0 Å². The second-order valence-electron chi connectivity index (χ2n) is 16.4. The van der Waals surface area contributed by atoms with E-state index < -0.39 is 0 Å². The molecule has 0 saturated carbocycles. The Labute approximate surface area is 368 Å². The topological polar surface area (TPSA) is 56.7 Å². The molecular formula is C59H36N4O. The largest absolute Gasteiger partial charge is 0.454 e. The molecule has 5 nitrogen and oxygen atoms in total. The van der Waals surface area contributed by atoms with Crippen molar-refractivity contribution in [3.05, 3.63) is 218 Å². The van der Waals surface area contributed by atoms with Crippen molar-refractivity contribution in [1.29, 1.82) is 0 Å². The summed E-state index contributed by atoms with van der Waals surface area (Å²) in [4.78, 5) is 15.6. The Balaban J connectivity index is 0.870. The standard InChI is InChI=1S/C59H36N4O/c1-2-13-41(14-3-1)59-61-50(36-51(62-59)44-17-12-18-45(33-44)63-53-22-9-6-19-46(53)47-20-7-10-23-54(47)63)39-29-25-37(26-30-39)38-27-31-40(32-28-38)57-58-56(48-21-8-11-24-55(48)64-58)49-34-42-15-4-5-16-43(42)35-52(49)60-57/h1-36H. The summed E-state index contributed by atoms with van der Waals surface area (Å²) >= 11 is 0. The molecule has 0 unspecified atom stereocenters. The summed E-state index contributed by atoms with van der Waals surface area (Å²) in [5.41, 5.74) is 14.8. The zero-order valence-electron chi connectivity index (χ0n) is 34.5. The zero-order chi connectivity index (χ0) is 42.1. The first-order valence-corrected chi connectivity index (χ1v) is 21.6. The number of furan rings is 1. The molecule has 13 aromatic rings. The van der Waals surface area contributed by atoms with Gasteiger partial charge in [-0.15, -0.1) is 0 Å². The predicted octanol–water partition coefficient (Wildman–Crippen LogP) is 15.5. The van der Waals surface area contributed by atoms with Crippen molar-refractivity contribution in [3.63, 3.8) is 0 Å². The minimum Gasteiger partial charge on any atom is -0.454 e. The first-order valence-electron chi connectivity index (χ1n) is 21.6. The lowest BCUT2D eigenvalue weighted by molar-refractivity contribution is 0.669. The SMILES string of the molecule is c1ccc(-c2nc(-c3ccc(-c4ccc(-c5nc6cc7ccccc7cc6c6c5oc5ccccc56)cc4)cc3)cc(-c3cccc(-n4c5ccccc5c5ccccc54)c3)n2)cc1. The van der Waals surface area contributed by atoms with Crippen LogP contribution >= 0.6 is 0 Å². The molecule has 13 rings (SSSR count). The van der Waals surface area contributed by atoms with Gasteiger partial charge in [-0.05, 0) is 70.4 Å². The quantitative estimate of drug-likeness (QED) is 0.157. The van der Waals surface area contributed by atoms with Crippen molar-refractivity contribution in [1.82, 2.24) is 19.5 Å². The van der Waals surface area contributed by atoms with Gasteiger partial charge < -0.3 is 8.98 Å². The van der Waals surface area contributed by atoms with E-state index in [1.165, 1.54) is 32.6 Å². The molecule has 0 N–H and O–H groups in total. The average Bonchev–Trinajstić information content (AvgIpc) is 3.93. The zero-order valence-corrected chi connectivity index (χ0v) is 34.5. The maximum Gasteiger partial charge on any atom is 0.162 e. The summed E-state index contributed by atoms with van der Waals surface area (Å²) in [6.45, 7) is 0. The number of nitrogens with zero attached hydrogens (tertiary/aromatic N) is 4. The lowest BCUT2D eigenvalue weighted by Gasteiger charge is -2.12. The van der Waals surface area contributed by atoms with Crippen molar-refractivity contribution in [3.8, 4) is 62.0 Å². The van der Waals surface area contributed by atoms with Gasteiger partial charge in [-0.2, -0.15) is 0 Å². The van der Waals surface area contributed by atoms with Crippen molar-refractivity contribution in [2.24, 2.45) is 0 Å². The first kappa shape index (κ1) is 36.0. The smallest absolute Gasteiger partial charge is 0.162 e. The second kappa shape index (κ2) is 14.5. The van der Waals surface area contributed by atoms with Gasteiger partial charge in [0.2, 0.25) is 0 Å². The van der Waals surface area contributed by atoms with E-state index in [1.807, 2.05) is 30.3 Å². The normalized spacial score (nSPS) is 11.8. The Morgan fingerprint density at radius 3 is 1.64 bits per heavy atom. The number of hydrogen-bond acceptors (Lipinski definition) is 4. The summed E-state index contributed by atoms with van der Waals surface area (Å²) in [7, 11) is 0. The molecule has 0 saturated heterocycles.